The quantitative estimate of drug-likeness (QED) is 0.247. The molecule has 1 fully saturated rings. The molecule has 1 heterocycles. The van der Waals surface area contributed by atoms with Crippen LogP contribution in [0.5, 0.6) is 0 Å². The minimum Gasteiger partial charge on any atom is -0.408 e. The summed E-state index contributed by atoms with van der Waals surface area (Å²) in [6, 6.07) is 0. The van der Waals surface area contributed by atoms with Crippen molar-refractivity contribution in [2.75, 3.05) is 13.1 Å². The molecule has 4 heteroatoms. The predicted molar refractivity (Wildman–Crippen MR) is 48.1 cm³/mol. The van der Waals surface area contributed by atoms with E-state index in [2.05, 4.69) is 5.16 Å². The van der Waals surface area contributed by atoms with Crippen LogP contribution < -0.4 is 5.73 Å². The van der Waals surface area contributed by atoms with E-state index in [4.69, 9.17) is 10.9 Å². The molecule has 0 aromatic carbocycles. The number of hydrogen-bond donors (Lipinski definition) is 2. The van der Waals surface area contributed by atoms with Gasteiger partial charge in [0, 0.05) is 13.1 Å². The summed E-state index contributed by atoms with van der Waals surface area (Å²) >= 11 is 0. The summed E-state index contributed by atoms with van der Waals surface area (Å²) in [7, 11) is 0. The topological polar surface area (TPSA) is 61.9 Å². The van der Waals surface area contributed by atoms with Crippen LogP contribution in [-0.2, 0) is 0 Å². The number of guanidine groups is 1. The van der Waals surface area contributed by atoms with Gasteiger partial charge in [-0.1, -0.05) is 24.4 Å². The van der Waals surface area contributed by atoms with Gasteiger partial charge in [0.1, 0.15) is 0 Å². The van der Waals surface area contributed by atoms with E-state index in [-0.39, 0.29) is 5.96 Å². The van der Waals surface area contributed by atoms with Crippen LogP contribution >= 0.6 is 0 Å². The smallest absolute Gasteiger partial charge is 0.233 e. The van der Waals surface area contributed by atoms with Crippen LogP contribution in [0.15, 0.2) is 5.16 Å². The van der Waals surface area contributed by atoms with Crippen molar-refractivity contribution in [3.63, 3.8) is 0 Å². The summed E-state index contributed by atoms with van der Waals surface area (Å²) in [4.78, 5) is 1.94. The van der Waals surface area contributed by atoms with E-state index in [1.54, 1.807) is 0 Å². The maximum atomic E-state index is 8.47. The summed E-state index contributed by atoms with van der Waals surface area (Å²) in [6.07, 6.45) is 6.14. The molecule has 0 radical (unpaired) electrons. The van der Waals surface area contributed by atoms with E-state index in [1.165, 1.54) is 19.3 Å². The Morgan fingerprint density at radius 1 is 1.08 bits per heavy atom. The van der Waals surface area contributed by atoms with Gasteiger partial charge in [-0.05, 0) is 12.8 Å². The van der Waals surface area contributed by atoms with Crippen LogP contribution in [-0.4, -0.2) is 29.2 Å². The summed E-state index contributed by atoms with van der Waals surface area (Å²) in [5.41, 5.74) is 5.49. The van der Waals surface area contributed by atoms with Crippen molar-refractivity contribution in [2.24, 2.45) is 10.9 Å². The van der Waals surface area contributed by atoms with Gasteiger partial charge in [0.15, 0.2) is 0 Å². The molecule has 4 nitrogen and oxygen atoms in total. The molecule has 0 amide bonds. The van der Waals surface area contributed by atoms with E-state index in [9.17, 15) is 0 Å². The Morgan fingerprint density at radius 3 is 2.08 bits per heavy atom. The van der Waals surface area contributed by atoms with E-state index in [1.807, 2.05) is 4.90 Å². The van der Waals surface area contributed by atoms with Gasteiger partial charge in [0.25, 0.3) is 0 Å². The molecular formula is C8H17N3O. The van der Waals surface area contributed by atoms with E-state index >= 15 is 0 Å². The minimum atomic E-state index is 0.261. The second kappa shape index (κ2) is 4.85. The third-order valence-electron chi connectivity index (χ3n) is 2.28. The maximum absolute atomic E-state index is 8.47. The zero-order valence-electron chi connectivity index (χ0n) is 7.37. The lowest BCUT2D eigenvalue weighted by Gasteiger charge is -2.24. The van der Waals surface area contributed by atoms with Gasteiger partial charge in [-0.3, -0.25) is 0 Å². The SMILES string of the molecule is N/C(=N\O)N1CCCCCCC1. The predicted octanol–water partition coefficient (Wildman–Crippen LogP) is 0.956. The van der Waals surface area contributed by atoms with Gasteiger partial charge < -0.3 is 15.8 Å². The molecule has 70 valence electrons. The number of likely N-dealkylation sites (tertiary alicyclic amines) is 1. The molecule has 1 saturated heterocycles. The van der Waals surface area contributed by atoms with Gasteiger partial charge in [0.2, 0.25) is 5.96 Å². The number of rotatable bonds is 0. The van der Waals surface area contributed by atoms with Crippen LogP contribution in [0.4, 0.5) is 0 Å². The maximum Gasteiger partial charge on any atom is 0.233 e. The molecule has 1 aliphatic rings. The lowest BCUT2D eigenvalue weighted by atomic mass is 10.1. The van der Waals surface area contributed by atoms with Crippen LogP contribution in [0.2, 0.25) is 0 Å². The van der Waals surface area contributed by atoms with Crippen molar-refractivity contribution < 1.29 is 5.21 Å². The normalized spacial score (nSPS) is 21.7. The van der Waals surface area contributed by atoms with Gasteiger partial charge in [-0.2, -0.15) is 0 Å². The Labute approximate surface area is 73.0 Å². The van der Waals surface area contributed by atoms with E-state index in [0.29, 0.717) is 0 Å². The summed E-state index contributed by atoms with van der Waals surface area (Å²) in [5.74, 6) is 0.261. The van der Waals surface area contributed by atoms with Gasteiger partial charge >= 0.3 is 0 Å². The molecule has 12 heavy (non-hydrogen) atoms. The Morgan fingerprint density at radius 2 is 1.58 bits per heavy atom. The molecule has 1 aliphatic heterocycles. The Balaban J connectivity index is 2.39. The fraction of sp³-hybridized carbons (Fsp3) is 0.875. The molecule has 0 saturated carbocycles. The van der Waals surface area contributed by atoms with Gasteiger partial charge in [0.05, 0.1) is 0 Å². The lowest BCUT2D eigenvalue weighted by Crippen LogP contribution is -2.39. The molecule has 0 aromatic heterocycles. The summed E-state index contributed by atoms with van der Waals surface area (Å²) in [5, 5.41) is 11.5. The molecule has 0 unspecified atom stereocenters. The Hall–Kier alpha value is -0.930. The highest BCUT2D eigenvalue weighted by Gasteiger charge is 2.09. The van der Waals surface area contributed by atoms with Gasteiger partial charge in [-0.15, -0.1) is 0 Å². The number of hydrogen-bond acceptors (Lipinski definition) is 2. The second-order valence-corrected chi connectivity index (χ2v) is 3.21. The van der Waals surface area contributed by atoms with Crippen molar-refractivity contribution >= 4 is 5.96 Å². The number of nitrogens with zero attached hydrogens (tertiary/aromatic N) is 2. The summed E-state index contributed by atoms with van der Waals surface area (Å²) < 4.78 is 0. The zero-order chi connectivity index (χ0) is 8.81. The lowest BCUT2D eigenvalue weighted by molar-refractivity contribution is 0.289. The van der Waals surface area contributed by atoms with Gasteiger partial charge in [-0.25, -0.2) is 0 Å². The Kier molecular flexibility index (Phi) is 3.70. The number of nitrogens with two attached hydrogens (primary N) is 1. The average molecular weight is 171 g/mol. The second-order valence-electron chi connectivity index (χ2n) is 3.21. The molecular weight excluding hydrogens is 154 g/mol. The standard InChI is InChI=1S/C8H17N3O/c9-8(10-12)11-6-4-2-1-3-5-7-11/h12H,1-7H2,(H2,9,10). The first-order valence-corrected chi connectivity index (χ1v) is 4.57. The van der Waals surface area contributed by atoms with Crippen molar-refractivity contribution in [1.82, 2.24) is 4.90 Å². The third-order valence-corrected chi connectivity index (χ3v) is 2.28. The minimum absolute atomic E-state index is 0.261. The van der Waals surface area contributed by atoms with Crippen LogP contribution in [0.1, 0.15) is 32.1 Å². The van der Waals surface area contributed by atoms with E-state index in [0.717, 1.165) is 25.9 Å². The number of oxime groups is 1. The first-order valence-electron chi connectivity index (χ1n) is 4.57. The highest BCUT2D eigenvalue weighted by atomic mass is 16.4. The van der Waals surface area contributed by atoms with Crippen LogP contribution in [0.25, 0.3) is 0 Å². The molecule has 3 N–H and O–H groups in total. The fourth-order valence-electron chi connectivity index (χ4n) is 1.54. The molecule has 0 aliphatic carbocycles. The highest BCUT2D eigenvalue weighted by Crippen LogP contribution is 2.09. The first-order chi connectivity index (χ1) is 5.84. The molecule has 0 bridgehead atoms. The molecule has 0 spiro atoms. The first kappa shape index (κ1) is 9.16. The largest absolute Gasteiger partial charge is 0.408 e. The fourth-order valence-corrected chi connectivity index (χ4v) is 1.54. The van der Waals surface area contributed by atoms with Crippen LogP contribution in [0.3, 0.4) is 0 Å². The highest BCUT2D eigenvalue weighted by molar-refractivity contribution is 5.77. The molecule has 0 aromatic rings. The molecule has 0 atom stereocenters. The van der Waals surface area contributed by atoms with E-state index < -0.39 is 0 Å². The van der Waals surface area contributed by atoms with Crippen LogP contribution in [0, 0.1) is 0 Å². The monoisotopic (exact) mass is 171 g/mol. The molecule has 1 rings (SSSR count). The Bertz CT molecular complexity index is 150. The van der Waals surface area contributed by atoms with Crippen molar-refractivity contribution in [3.8, 4) is 0 Å². The van der Waals surface area contributed by atoms with Crippen molar-refractivity contribution in [2.45, 2.75) is 32.1 Å². The third kappa shape index (κ3) is 2.60. The van der Waals surface area contributed by atoms with Crippen molar-refractivity contribution in [1.29, 1.82) is 0 Å². The summed E-state index contributed by atoms with van der Waals surface area (Å²) in [6.45, 7) is 1.85. The zero-order valence-corrected chi connectivity index (χ0v) is 7.37. The average Bonchev–Trinajstić information content (AvgIpc) is 2.02. The van der Waals surface area contributed by atoms with Crippen molar-refractivity contribution in [3.05, 3.63) is 0 Å².